The zero-order valence-corrected chi connectivity index (χ0v) is 11.5. The number of likely N-dealkylation sites (N-methyl/N-ethyl adjacent to an activating group) is 2. The van der Waals surface area contributed by atoms with Crippen molar-refractivity contribution in [3.63, 3.8) is 0 Å². The van der Waals surface area contributed by atoms with Crippen molar-refractivity contribution in [3.8, 4) is 0 Å². The van der Waals surface area contributed by atoms with Gasteiger partial charge in [-0.25, -0.2) is 0 Å². The van der Waals surface area contributed by atoms with E-state index in [1.807, 2.05) is 6.92 Å². The van der Waals surface area contributed by atoms with Gasteiger partial charge in [0.05, 0.1) is 6.04 Å². The van der Waals surface area contributed by atoms with Gasteiger partial charge in [0.15, 0.2) is 5.82 Å². The number of hydrogen-bond donors (Lipinski definition) is 1. The van der Waals surface area contributed by atoms with Crippen LogP contribution in [0.15, 0.2) is 4.52 Å². The summed E-state index contributed by atoms with van der Waals surface area (Å²) in [6.45, 7) is 5.64. The summed E-state index contributed by atoms with van der Waals surface area (Å²) in [6, 6.07) is 0.208. The van der Waals surface area contributed by atoms with E-state index in [0.29, 0.717) is 12.4 Å². The van der Waals surface area contributed by atoms with Crippen LogP contribution in [0.3, 0.4) is 0 Å². The standard InChI is InChI=1S/C12H23N5O/c1-9(7-13)12-14-11(15-18-12)10-8-16(2)5-4-6-17(10)3/h9-10H,4-8,13H2,1-3H3. The number of nitrogens with two attached hydrogens (primary N) is 1. The Kier molecular flexibility index (Phi) is 4.31. The molecule has 1 fully saturated rings. The summed E-state index contributed by atoms with van der Waals surface area (Å²) in [5.41, 5.74) is 5.62. The highest BCUT2D eigenvalue weighted by molar-refractivity contribution is 4.99. The molecule has 1 aromatic rings. The van der Waals surface area contributed by atoms with Gasteiger partial charge in [0.2, 0.25) is 5.89 Å². The van der Waals surface area contributed by atoms with Gasteiger partial charge in [0.1, 0.15) is 0 Å². The lowest BCUT2D eigenvalue weighted by Crippen LogP contribution is -2.31. The smallest absolute Gasteiger partial charge is 0.230 e. The van der Waals surface area contributed by atoms with E-state index in [1.54, 1.807) is 0 Å². The molecule has 102 valence electrons. The number of nitrogens with zero attached hydrogens (tertiary/aromatic N) is 4. The molecule has 2 heterocycles. The normalized spacial score (nSPS) is 25.0. The highest BCUT2D eigenvalue weighted by Crippen LogP contribution is 2.22. The minimum absolute atomic E-state index is 0.125. The van der Waals surface area contributed by atoms with Gasteiger partial charge in [-0.2, -0.15) is 4.98 Å². The Morgan fingerprint density at radius 3 is 2.94 bits per heavy atom. The molecule has 2 N–H and O–H groups in total. The summed E-state index contributed by atoms with van der Waals surface area (Å²) in [7, 11) is 4.25. The zero-order chi connectivity index (χ0) is 13.1. The third kappa shape index (κ3) is 2.88. The Labute approximate surface area is 108 Å². The molecule has 0 aromatic carbocycles. The quantitative estimate of drug-likeness (QED) is 0.843. The molecule has 2 unspecified atom stereocenters. The van der Waals surface area contributed by atoms with Crippen LogP contribution >= 0.6 is 0 Å². The van der Waals surface area contributed by atoms with Crippen molar-refractivity contribution in [2.45, 2.75) is 25.3 Å². The molecule has 6 heteroatoms. The van der Waals surface area contributed by atoms with Crippen LogP contribution in [0.2, 0.25) is 0 Å². The van der Waals surface area contributed by atoms with Crippen molar-refractivity contribution in [1.82, 2.24) is 19.9 Å². The molecule has 0 radical (unpaired) electrons. The summed E-state index contributed by atoms with van der Waals surface area (Å²) in [4.78, 5) is 9.12. The van der Waals surface area contributed by atoms with Crippen molar-refractivity contribution in [3.05, 3.63) is 11.7 Å². The van der Waals surface area contributed by atoms with Crippen LogP contribution in [0, 0.1) is 0 Å². The second-order valence-corrected chi connectivity index (χ2v) is 5.24. The third-order valence-corrected chi connectivity index (χ3v) is 3.60. The topological polar surface area (TPSA) is 71.4 Å². The average molecular weight is 253 g/mol. The van der Waals surface area contributed by atoms with Gasteiger partial charge in [-0.1, -0.05) is 12.1 Å². The molecular weight excluding hydrogens is 230 g/mol. The highest BCUT2D eigenvalue weighted by atomic mass is 16.5. The van der Waals surface area contributed by atoms with Crippen LogP contribution in [0.4, 0.5) is 0 Å². The SMILES string of the molecule is CC(CN)c1nc(C2CN(C)CCCN2C)no1. The van der Waals surface area contributed by atoms with E-state index in [2.05, 4.69) is 34.0 Å². The Balaban J connectivity index is 2.15. The molecule has 1 saturated heterocycles. The van der Waals surface area contributed by atoms with Gasteiger partial charge in [0, 0.05) is 19.0 Å². The third-order valence-electron chi connectivity index (χ3n) is 3.60. The molecule has 0 spiro atoms. The van der Waals surface area contributed by atoms with Gasteiger partial charge in [-0.05, 0) is 33.6 Å². The van der Waals surface area contributed by atoms with Crippen molar-refractivity contribution in [1.29, 1.82) is 0 Å². The molecular formula is C12H23N5O. The van der Waals surface area contributed by atoms with Crippen LogP contribution in [-0.4, -0.2) is 60.2 Å². The van der Waals surface area contributed by atoms with E-state index < -0.39 is 0 Å². The van der Waals surface area contributed by atoms with Gasteiger partial charge in [0.25, 0.3) is 0 Å². The summed E-state index contributed by atoms with van der Waals surface area (Å²) < 4.78 is 5.31. The Bertz CT molecular complexity index is 380. The maximum absolute atomic E-state index is 5.62. The molecule has 2 atom stereocenters. The zero-order valence-electron chi connectivity index (χ0n) is 11.5. The fourth-order valence-corrected chi connectivity index (χ4v) is 2.23. The Hall–Kier alpha value is -0.980. The molecule has 0 bridgehead atoms. The minimum Gasteiger partial charge on any atom is -0.339 e. The van der Waals surface area contributed by atoms with Crippen molar-refractivity contribution in [2.75, 3.05) is 40.3 Å². The Morgan fingerprint density at radius 1 is 1.44 bits per heavy atom. The summed E-state index contributed by atoms with van der Waals surface area (Å²) in [6.07, 6.45) is 1.17. The largest absolute Gasteiger partial charge is 0.339 e. The lowest BCUT2D eigenvalue weighted by Gasteiger charge is -2.24. The van der Waals surface area contributed by atoms with Crippen LogP contribution in [0.5, 0.6) is 0 Å². The lowest BCUT2D eigenvalue weighted by molar-refractivity contribution is 0.214. The second kappa shape index (κ2) is 5.77. The maximum Gasteiger partial charge on any atom is 0.230 e. The molecule has 18 heavy (non-hydrogen) atoms. The number of aromatic nitrogens is 2. The second-order valence-electron chi connectivity index (χ2n) is 5.24. The molecule has 0 amide bonds. The van der Waals surface area contributed by atoms with Crippen molar-refractivity contribution in [2.24, 2.45) is 5.73 Å². The van der Waals surface area contributed by atoms with E-state index in [1.165, 1.54) is 6.42 Å². The minimum atomic E-state index is 0.125. The summed E-state index contributed by atoms with van der Waals surface area (Å²) in [5, 5.41) is 4.13. The first kappa shape index (κ1) is 13.5. The molecule has 1 aliphatic rings. The molecule has 0 saturated carbocycles. The van der Waals surface area contributed by atoms with Crippen LogP contribution in [-0.2, 0) is 0 Å². The number of hydrogen-bond acceptors (Lipinski definition) is 6. The monoisotopic (exact) mass is 253 g/mol. The fourth-order valence-electron chi connectivity index (χ4n) is 2.23. The van der Waals surface area contributed by atoms with Gasteiger partial charge in [-0.15, -0.1) is 0 Å². The van der Waals surface area contributed by atoms with E-state index in [-0.39, 0.29) is 12.0 Å². The number of rotatable bonds is 3. The predicted molar refractivity (Wildman–Crippen MR) is 69.3 cm³/mol. The van der Waals surface area contributed by atoms with Crippen LogP contribution < -0.4 is 5.73 Å². The van der Waals surface area contributed by atoms with E-state index >= 15 is 0 Å². The first-order valence-electron chi connectivity index (χ1n) is 6.54. The first-order valence-corrected chi connectivity index (χ1v) is 6.54. The van der Waals surface area contributed by atoms with E-state index in [0.717, 1.165) is 25.5 Å². The van der Waals surface area contributed by atoms with Crippen molar-refractivity contribution >= 4 is 0 Å². The van der Waals surface area contributed by atoms with Gasteiger partial charge in [-0.3, -0.25) is 4.90 Å². The molecule has 0 aliphatic carbocycles. The molecule has 1 aromatic heterocycles. The van der Waals surface area contributed by atoms with Crippen LogP contribution in [0.25, 0.3) is 0 Å². The average Bonchev–Trinajstić information content (AvgIpc) is 2.77. The van der Waals surface area contributed by atoms with E-state index in [4.69, 9.17) is 10.3 Å². The highest BCUT2D eigenvalue weighted by Gasteiger charge is 2.27. The van der Waals surface area contributed by atoms with Crippen LogP contribution in [0.1, 0.15) is 37.0 Å². The molecule has 2 rings (SSSR count). The fraction of sp³-hybridized carbons (Fsp3) is 0.833. The van der Waals surface area contributed by atoms with E-state index in [9.17, 15) is 0 Å². The predicted octanol–water partition coefficient (Wildman–Crippen LogP) is 0.440. The first-order chi connectivity index (χ1) is 8.61. The maximum atomic E-state index is 5.62. The van der Waals surface area contributed by atoms with Crippen molar-refractivity contribution < 1.29 is 4.52 Å². The molecule has 1 aliphatic heterocycles. The summed E-state index contributed by atoms with van der Waals surface area (Å²) in [5.74, 6) is 1.55. The lowest BCUT2D eigenvalue weighted by atomic mass is 10.2. The summed E-state index contributed by atoms with van der Waals surface area (Å²) >= 11 is 0. The molecule has 6 nitrogen and oxygen atoms in total. The van der Waals surface area contributed by atoms with Gasteiger partial charge >= 0.3 is 0 Å². The van der Waals surface area contributed by atoms with Gasteiger partial charge < -0.3 is 15.2 Å². The Morgan fingerprint density at radius 2 is 2.22 bits per heavy atom.